The molecule has 0 heterocycles. The molecular formula is C9H11N2O. The minimum absolute atomic E-state index is 0.519. The maximum absolute atomic E-state index is 5.45. The Morgan fingerprint density at radius 2 is 2.50 bits per heavy atom. The molecule has 0 aliphatic heterocycles. The van der Waals surface area contributed by atoms with E-state index in [1.165, 1.54) is 7.11 Å². The lowest BCUT2D eigenvalue weighted by atomic mass is 10.1. The van der Waals surface area contributed by atoms with Crippen molar-refractivity contribution in [1.82, 2.24) is 0 Å². The van der Waals surface area contributed by atoms with Crippen LogP contribution in [0.15, 0.2) is 23.4 Å². The van der Waals surface area contributed by atoms with Crippen molar-refractivity contribution in [2.45, 2.75) is 6.54 Å². The van der Waals surface area contributed by atoms with Crippen LogP contribution in [0.4, 0.5) is 0 Å². The first-order valence-corrected chi connectivity index (χ1v) is 3.63. The normalized spacial score (nSPS) is 10.5. The average molecular weight is 163 g/mol. The molecule has 3 nitrogen and oxygen atoms in total. The molecule has 1 aromatic carbocycles. The lowest BCUT2D eigenvalue weighted by Gasteiger charge is -1.96. The monoisotopic (exact) mass is 163 g/mol. The van der Waals surface area contributed by atoms with E-state index in [2.05, 4.69) is 16.1 Å². The van der Waals surface area contributed by atoms with Crippen LogP contribution in [0.25, 0.3) is 0 Å². The van der Waals surface area contributed by atoms with Crippen molar-refractivity contribution >= 4 is 6.21 Å². The fourth-order valence-corrected chi connectivity index (χ4v) is 0.848. The van der Waals surface area contributed by atoms with Gasteiger partial charge in [0.15, 0.2) is 0 Å². The van der Waals surface area contributed by atoms with E-state index in [0.717, 1.165) is 11.1 Å². The summed E-state index contributed by atoms with van der Waals surface area (Å²) in [4.78, 5) is 4.54. The molecule has 0 fully saturated rings. The lowest BCUT2D eigenvalue weighted by molar-refractivity contribution is 0.215. The molecule has 1 aromatic rings. The first kappa shape index (κ1) is 8.74. The Morgan fingerprint density at radius 1 is 1.67 bits per heavy atom. The highest BCUT2D eigenvalue weighted by molar-refractivity contribution is 5.79. The van der Waals surface area contributed by atoms with Crippen LogP contribution in [0.2, 0.25) is 0 Å². The highest BCUT2D eigenvalue weighted by atomic mass is 16.6. The first-order chi connectivity index (χ1) is 5.86. The van der Waals surface area contributed by atoms with Gasteiger partial charge in [-0.3, -0.25) is 0 Å². The molecule has 0 atom stereocenters. The summed E-state index contributed by atoms with van der Waals surface area (Å²) in [5.74, 6) is 0. The zero-order chi connectivity index (χ0) is 8.81. The van der Waals surface area contributed by atoms with Gasteiger partial charge in [0.05, 0.1) is 6.21 Å². The molecule has 0 aromatic heterocycles. The fraction of sp³-hybridized carbons (Fsp3) is 0.222. The quantitative estimate of drug-likeness (QED) is 0.532. The summed E-state index contributed by atoms with van der Waals surface area (Å²) >= 11 is 0. The summed E-state index contributed by atoms with van der Waals surface area (Å²) in [6.07, 6.45) is 1.62. The third kappa shape index (κ3) is 2.36. The Labute approximate surface area is 71.8 Å². The number of nitrogens with two attached hydrogens (primary N) is 1. The van der Waals surface area contributed by atoms with E-state index < -0.39 is 0 Å². The van der Waals surface area contributed by atoms with Gasteiger partial charge in [-0.15, -0.1) is 0 Å². The van der Waals surface area contributed by atoms with Crippen LogP contribution in [0.1, 0.15) is 11.1 Å². The molecule has 0 spiro atoms. The van der Waals surface area contributed by atoms with E-state index in [4.69, 9.17) is 5.73 Å². The molecule has 1 rings (SSSR count). The predicted molar refractivity (Wildman–Crippen MR) is 47.8 cm³/mol. The van der Waals surface area contributed by atoms with Crippen LogP contribution in [0.3, 0.4) is 0 Å². The van der Waals surface area contributed by atoms with Gasteiger partial charge in [-0.25, -0.2) is 0 Å². The fourth-order valence-electron chi connectivity index (χ4n) is 0.848. The van der Waals surface area contributed by atoms with Gasteiger partial charge in [0.25, 0.3) is 0 Å². The van der Waals surface area contributed by atoms with Crippen LogP contribution < -0.4 is 5.73 Å². The van der Waals surface area contributed by atoms with Gasteiger partial charge < -0.3 is 10.6 Å². The second-order valence-corrected chi connectivity index (χ2v) is 2.30. The zero-order valence-corrected chi connectivity index (χ0v) is 6.95. The number of benzene rings is 1. The zero-order valence-electron chi connectivity index (χ0n) is 6.95. The third-order valence-electron chi connectivity index (χ3n) is 1.41. The molecule has 0 aliphatic carbocycles. The van der Waals surface area contributed by atoms with Gasteiger partial charge in [0, 0.05) is 6.54 Å². The molecule has 0 saturated carbocycles. The van der Waals surface area contributed by atoms with E-state index in [0.29, 0.717) is 6.54 Å². The molecule has 0 amide bonds. The molecule has 0 unspecified atom stereocenters. The van der Waals surface area contributed by atoms with Crippen molar-refractivity contribution in [1.29, 1.82) is 0 Å². The van der Waals surface area contributed by atoms with Gasteiger partial charge in [-0.05, 0) is 35.4 Å². The SMILES string of the molecule is CON=Cc1c[c]cc(CN)c1. The highest BCUT2D eigenvalue weighted by Crippen LogP contribution is 2.01. The molecule has 63 valence electrons. The van der Waals surface area contributed by atoms with Crippen molar-refractivity contribution < 1.29 is 4.84 Å². The van der Waals surface area contributed by atoms with Crippen molar-refractivity contribution in [3.63, 3.8) is 0 Å². The molecule has 1 radical (unpaired) electrons. The molecule has 0 bridgehead atoms. The molecule has 0 aliphatic rings. The summed E-state index contributed by atoms with van der Waals surface area (Å²) in [5, 5.41) is 3.63. The van der Waals surface area contributed by atoms with Crippen LogP contribution >= 0.6 is 0 Å². The molecule has 3 heteroatoms. The van der Waals surface area contributed by atoms with E-state index in [1.54, 1.807) is 6.21 Å². The van der Waals surface area contributed by atoms with Crippen LogP contribution in [0, 0.1) is 6.07 Å². The van der Waals surface area contributed by atoms with Gasteiger partial charge >= 0.3 is 0 Å². The molecule has 0 saturated heterocycles. The lowest BCUT2D eigenvalue weighted by Crippen LogP contribution is -1.96. The predicted octanol–water partition coefficient (Wildman–Crippen LogP) is 0.926. The summed E-state index contributed by atoms with van der Waals surface area (Å²) in [7, 11) is 1.51. The topological polar surface area (TPSA) is 47.6 Å². The van der Waals surface area contributed by atoms with Crippen molar-refractivity contribution in [2.75, 3.05) is 7.11 Å². The van der Waals surface area contributed by atoms with Crippen LogP contribution in [0.5, 0.6) is 0 Å². The number of hydrogen-bond acceptors (Lipinski definition) is 3. The van der Waals surface area contributed by atoms with Crippen molar-refractivity contribution in [3.05, 3.63) is 35.4 Å². The van der Waals surface area contributed by atoms with Gasteiger partial charge in [0.1, 0.15) is 7.11 Å². The van der Waals surface area contributed by atoms with E-state index in [9.17, 15) is 0 Å². The summed E-state index contributed by atoms with van der Waals surface area (Å²) in [6.45, 7) is 0.519. The minimum atomic E-state index is 0.519. The summed E-state index contributed by atoms with van der Waals surface area (Å²) < 4.78 is 0. The van der Waals surface area contributed by atoms with E-state index >= 15 is 0 Å². The minimum Gasteiger partial charge on any atom is -0.399 e. The van der Waals surface area contributed by atoms with E-state index in [-0.39, 0.29) is 0 Å². The van der Waals surface area contributed by atoms with E-state index in [1.807, 2.05) is 18.2 Å². The smallest absolute Gasteiger partial charge is 0.106 e. The van der Waals surface area contributed by atoms with Crippen LogP contribution in [-0.2, 0) is 11.4 Å². The maximum atomic E-state index is 5.45. The van der Waals surface area contributed by atoms with Crippen LogP contribution in [-0.4, -0.2) is 13.3 Å². The second kappa shape index (κ2) is 4.51. The Bertz CT molecular complexity index is 271. The van der Waals surface area contributed by atoms with Gasteiger partial charge in [-0.2, -0.15) is 0 Å². The Hall–Kier alpha value is -1.35. The number of hydrogen-bond donors (Lipinski definition) is 1. The maximum Gasteiger partial charge on any atom is 0.106 e. The van der Waals surface area contributed by atoms with Gasteiger partial charge in [-0.1, -0.05) is 5.16 Å². The average Bonchev–Trinajstić information content (AvgIpc) is 2.15. The second-order valence-electron chi connectivity index (χ2n) is 2.30. The molecule has 12 heavy (non-hydrogen) atoms. The first-order valence-electron chi connectivity index (χ1n) is 3.63. The standard InChI is InChI=1S/C9H11N2O/c1-12-11-7-9-4-2-3-8(5-9)6-10/h3-5,7H,6,10H2,1H3. The summed E-state index contributed by atoms with van der Waals surface area (Å²) in [5.41, 5.74) is 7.43. The Morgan fingerprint density at radius 3 is 3.17 bits per heavy atom. The number of nitrogens with zero attached hydrogens (tertiary/aromatic N) is 1. The van der Waals surface area contributed by atoms with Gasteiger partial charge in [0.2, 0.25) is 0 Å². The largest absolute Gasteiger partial charge is 0.399 e. The molecule has 2 N–H and O–H groups in total. The van der Waals surface area contributed by atoms with Crippen molar-refractivity contribution in [3.8, 4) is 0 Å². The number of oxime groups is 1. The summed E-state index contributed by atoms with van der Waals surface area (Å²) in [6, 6.07) is 8.58. The Kier molecular flexibility index (Phi) is 3.29. The number of rotatable bonds is 3. The third-order valence-corrected chi connectivity index (χ3v) is 1.41. The highest BCUT2D eigenvalue weighted by Gasteiger charge is 1.90. The van der Waals surface area contributed by atoms with Crippen molar-refractivity contribution in [2.24, 2.45) is 10.9 Å². The molecular weight excluding hydrogens is 152 g/mol. The Balaban J connectivity index is 2.79.